The lowest BCUT2D eigenvalue weighted by molar-refractivity contribution is -0.125. The van der Waals surface area contributed by atoms with Gasteiger partial charge in [0.1, 0.15) is 11.4 Å². The molecule has 0 aromatic heterocycles. The van der Waals surface area contributed by atoms with E-state index in [4.69, 9.17) is 0 Å². The first-order valence-electron chi connectivity index (χ1n) is 9.30. The molecular weight excluding hydrogens is 397 g/mol. The van der Waals surface area contributed by atoms with Crippen LogP contribution in [0, 0.1) is 11.7 Å². The van der Waals surface area contributed by atoms with Gasteiger partial charge in [-0.05, 0) is 36.6 Å². The molecule has 1 aliphatic carbocycles. The lowest BCUT2D eigenvalue weighted by Crippen LogP contribution is -2.53. The maximum atomic E-state index is 13.9. The molecule has 2 fully saturated rings. The monoisotopic (exact) mass is 417 g/mol. The standard InChI is InChI=1S/C20H20FN3O4S/c21-17-6-2-1-5-16(17)13-7-9-15(10-8-13)29(27,28)22-12-14-4-3-11-20(14)18(25)23-19(26)24-20/h1-2,5-10,14,22H,3-4,11-12H2,(H2,23,24,25,26). The SMILES string of the molecule is O=C1NC(=O)C2(CCCC2CNS(=O)(=O)c2ccc(-c3ccccc3F)cc2)N1. The summed E-state index contributed by atoms with van der Waals surface area (Å²) in [6.45, 7) is 0.0328. The largest absolute Gasteiger partial charge is 0.323 e. The number of halogens is 1. The van der Waals surface area contributed by atoms with Crippen LogP contribution in [0.1, 0.15) is 19.3 Å². The molecule has 1 aliphatic heterocycles. The van der Waals surface area contributed by atoms with E-state index in [0.717, 1.165) is 6.42 Å². The van der Waals surface area contributed by atoms with Gasteiger partial charge in [0, 0.05) is 18.0 Å². The first kappa shape index (κ1) is 19.5. The number of rotatable bonds is 5. The van der Waals surface area contributed by atoms with Crippen molar-refractivity contribution in [2.24, 2.45) is 5.92 Å². The summed E-state index contributed by atoms with van der Waals surface area (Å²) in [5.41, 5.74) is -0.0867. The Labute approximate surface area is 167 Å². The molecule has 1 heterocycles. The number of benzene rings is 2. The molecular formula is C20H20FN3O4S. The number of hydrogen-bond donors (Lipinski definition) is 3. The van der Waals surface area contributed by atoms with Crippen molar-refractivity contribution in [3.63, 3.8) is 0 Å². The summed E-state index contributed by atoms with van der Waals surface area (Å²) in [4.78, 5) is 23.8. The minimum Gasteiger partial charge on any atom is -0.323 e. The van der Waals surface area contributed by atoms with Gasteiger partial charge in [0.15, 0.2) is 0 Å². The highest BCUT2D eigenvalue weighted by Crippen LogP contribution is 2.37. The van der Waals surface area contributed by atoms with E-state index in [1.165, 1.54) is 18.2 Å². The van der Waals surface area contributed by atoms with Crippen molar-refractivity contribution in [3.8, 4) is 11.1 Å². The molecule has 2 aromatic rings. The molecule has 7 nitrogen and oxygen atoms in total. The molecule has 2 aromatic carbocycles. The normalized spacial score (nSPS) is 24.0. The predicted molar refractivity (Wildman–Crippen MR) is 104 cm³/mol. The van der Waals surface area contributed by atoms with Crippen LogP contribution in [0.4, 0.5) is 9.18 Å². The van der Waals surface area contributed by atoms with Crippen LogP contribution in [0.2, 0.25) is 0 Å². The third-order valence-corrected chi connectivity index (χ3v) is 7.10. The van der Waals surface area contributed by atoms with E-state index in [-0.39, 0.29) is 23.2 Å². The summed E-state index contributed by atoms with van der Waals surface area (Å²) < 4.78 is 41.8. The highest BCUT2D eigenvalue weighted by Gasteiger charge is 2.54. The minimum atomic E-state index is -3.82. The average molecular weight is 417 g/mol. The second-order valence-electron chi connectivity index (χ2n) is 7.32. The number of nitrogens with one attached hydrogen (secondary N) is 3. The molecule has 0 radical (unpaired) electrons. The van der Waals surface area contributed by atoms with E-state index >= 15 is 0 Å². The molecule has 29 heavy (non-hydrogen) atoms. The zero-order valence-corrected chi connectivity index (χ0v) is 16.3. The molecule has 2 atom stereocenters. The molecule has 1 spiro atoms. The smallest absolute Gasteiger partial charge is 0.322 e. The lowest BCUT2D eigenvalue weighted by atomic mass is 9.87. The molecule has 3 N–H and O–H groups in total. The topological polar surface area (TPSA) is 104 Å². The van der Waals surface area contributed by atoms with Crippen molar-refractivity contribution in [3.05, 3.63) is 54.3 Å². The highest BCUT2D eigenvalue weighted by molar-refractivity contribution is 7.89. The zero-order chi connectivity index (χ0) is 20.6. The van der Waals surface area contributed by atoms with Crippen LogP contribution in [-0.4, -0.2) is 32.4 Å². The van der Waals surface area contributed by atoms with Crippen molar-refractivity contribution in [1.82, 2.24) is 15.4 Å². The number of urea groups is 1. The quantitative estimate of drug-likeness (QED) is 0.649. The number of amides is 3. The molecule has 2 unspecified atom stereocenters. The molecule has 9 heteroatoms. The first-order chi connectivity index (χ1) is 13.8. The van der Waals surface area contributed by atoms with Gasteiger partial charge < -0.3 is 5.32 Å². The summed E-state index contributed by atoms with van der Waals surface area (Å²) in [6, 6.07) is 11.6. The molecule has 2 aliphatic rings. The summed E-state index contributed by atoms with van der Waals surface area (Å²) in [5, 5.41) is 4.90. The summed E-state index contributed by atoms with van der Waals surface area (Å²) >= 11 is 0. The Morgan fingerprint density at radius 3 is 2.48 bits per heavy atom. The van der Waals surface area contributed by atoms with Gasteiger partial charge >= 0.3 is 6.03 Å². The van der Waals surface area contributed by atoms with Crippen LogP contribution < -0.4 is 15.4 Å². The lowest BCUT2D eigenvalue weighted by Gasteiger charge is -2.28. The highest BCUT2D eigenvalue weighted by atomic mass is 32.2. The second-order valence-corrected chi connectivity index (χ2v) is 9.09. The van der Waals surface area contributed by atoms with E-state index in [1.807, 2.05) is 0 Å². The van der Waals surface area contributed by atoms with Gasteiger partial charge in [-0.1, -0.05) is 36.8 Å². The van der Waals surface area contributed by atoms with Crippen LogP contribution in [0.3, 0.4) is 0 Å². The van der Waals surface area contributed by atoms with Crippen LogP contribution in [0.25, 0.3) is 11.1 Å². The van der Waals surface area contributed by atoms with Crippen LogP contribution in [-0.2, 0) is 14.8 Å². The Hall–Kier alpha value is -2.78. The van der Waals surface area contributed by atoms with Crippen molar-refractivity contribution in [2.45, 2.75) is 29.7 Å². The second kappa shape index (κ2) is 7.23. The van der Waals surface area contributed by atoms with Crippen LogP contribution in [0.15, 0.2) is 53.4 Å². The Bertz CT molecular complexity index is 1070. The van der Waals surface area contributed by atoms with E-state index in [9.17, 15) is 22.4 Å². The maximum Gasteiger partial charge on any atom is 0.322 e. The van der Waals surface area contributed by atoms with E-state index in [2.05, 4.69) is 15.4 Å². The Balaban J connectivity index is 1.49. The van der Waals surface area contributed by atoms with Crippen LogP contribution in [0.5, 0.6) is 0 Å². The Morgan fingerprint density at radius 1 is 1.10 bits per heavy atom. The first-order valence-corrected chi connectivity index (χ1v) is 10.8. The van der Waals surface area contributed by atoms with Gasteiger partial charge in [-0.3, -0.25) is 10.1 Å². The van der Waals surface area contributed by atoms with Gasteiger partial charge in [-0.25, -0.2) is 22.3 Å². The van der Waals surface area contributed by atoms with Crippen molar-refractivity contribution >= 4 is 22.0 Å². The molecule has 1 saturated carbocycles. The summed E-state index contributed by atoms with van der Waals surface area (Å²) in [6.07, 6.45) is 1.83. The van der Waals surface area contributed by atoms with E-state index in [1.54, 1.807) is 30.3 Å². The molecule has 3 amide bonds. The summed E-state index contributed by atoms with van der Waals surface area (Å²) in [7, 11) is -3.82. The van der Waals surface area contributed by atoms with E-state index < -0.39 is 27.5 Å². The third kappa shape index (κ3) is 3.51. The van der Waals surface area contributed by atoms with Crippen molar-refractivity contribution in [2.75, 3.05) is 6.54 Å². The fraction of sp³-hybridized carbons (Fsp3) is 0.300. The number of carbonyl (C=O) groups is 2. The molecule has 1 saturated heterocycles. The Morgan fingerprint density at radius 2 is 1.83 bits per heavy atom. The van der Waals surface area contributed by atoms with Crippen LogP contribution >= 0.6 is 0 Å². The average Bonchev–Trinajstić information content (AvgIpc) is 3.23. The van der Waals surface area contributed by atoms with Gasteiger partial charge in [-0.15, -0.1) is 0 Å². The van der Waals surface area contributed by atoms with Gasteiger partial charge in [0.25, 0.3) is 5.91 Å². The van der Waals surface area contributed by atoms with Gasteiger partial charge in [0.05, 0.1) is 4.90 Å². The van der Waals surface area contributed by atoms with Crippen molar-refractivity contribution < 1.29 is 22.4 Å². The zero-order valence-electron chi connectivity index (χ0n) is 15.4. The molecule has 152 valence electrons. The predicted octanol–water partition coefficient (Wildman–Crippen LogP) is 2.15. The number of hydrogen-bond acceptors (Lipinski definition) is 4. The minimum absolute atomic E-state index is 0.0328. The number of imide groups is 1. The maximum absolute atomic E-state index is 13.9. The molecule has 0 bridgehead atoms. The fourth-order valence-corrected chi connectivity index (χ4v) is 5.21. The third-order valence-electron chi connectivity index (χ3n) is 5.66. The molecule has 4 rings (SSSR count). The van der Waals surface area contributed by atoms with E-state index in [0.29, 0.717) is 24.0 Å². The fourth-order valence-electron chi connectivity index (χ4n) is 4.13. The number of carbonyl (C=O) groups excluding carboxylic acids is 2. The van der Waals surface area contributed by atoms with Gasteiger partial charge in [-0.2, -0.15) is 0 Å². The van der Waals surface area contributed by atoms with Crippen molar-refractivity contribution in [1.29, 1.82) is 0 Å². The Kier molecular flexibility index (Phi) is 4.87. The number of sulfonamides is 1. The summed E-state index contributed by atoms with van der Waals surface area (Å²) in [5.74, 6) is -1.12. The van der Waals surface area contributed by atoms with Gasteiger partial charge in [0.2, 0.25) is 10.0 Å².